The second-order valence-electron chi connectivity index (χ2n) is 4.20. The molecule has 3 nitrogen and oxygen atoms in total. The van der Waals surface area contributed by atoms with Crippen molar-refractivity contribution in [3.05, 3.63) is 0 Å². The van der Waals surface area contributed by atoms with Crippen LogP contribution in [0.1, 0.15) is 25.7 Å². The van der Waals surface area contributed by atoms with E-state index in [0.717, 1.165) is 25.8 Å². The van der Waals surface area contributed by atoms with Gasteiger partial charge < -0.3 is 10.6 Å². The van der Waals surface area contributed by atoms with Gasteiger partial charge in [-0.15, -0.1) is 0 Å². The predicted octanol–water partition coefficient (Wildman–Crippen LogP) is 0.840. The molecule has 2 atom stereocenters. The minimum absolute atomic E-state index is 0.234. The van der Waals surface area contributed by atoms with E-state index in [9.17, 15) is 4.79 Å². The lowest BCUT2D eigenvalue weighted by molar-refractivity contribution is -0.134. The Morgan fingerprint density at radius 2 is 2.15 bits per heavy atom. The van der Waals surface area contributed by atoms with Crippen LogP contribution in [-0.2, 0) is 4.79 Å². The summed E-state index contributed by atoms with van der Waals surface area (Å²) in [6.45, 7) is 0.733. The molecule has 0 heterocycles. The van der Waals surface area contributed by atoms with Crippen LogP contribution in [-0.4, -0.2) is 31.4 Å². The fraction of sp³-hybridized carbons (Fsp3) is 0.900. The Morgan fingerprint density at radius 1 is 1.46 bits per heavy atom. The number of amides is 1. The van der Waals surface area contributed by atoms with Crippen molar-refractivity contribution in [1.82, 2.24) is 4.90 Å². The monoisotopic (exact) mass is 184 g/mol. The summed E-state index contributed by atoms with van der Waals surface area (Å²) in [4.78, 5) is 13.3. The predicted molar refractivity (Wildman–Crippen MR) is 53.2 cm³/mol. The van der Waals surface area contributed by atoms with E-state index in [-0.39, 0.29) is 11.8 Å². The molecule has 0 aromatic carbocycles. The van der Waals surface area contributed by atoms with Crippen LogP contribution < -0.4 is 5.73 Å². The van der Waals surface area contributed by atoms with Crippen molar-refractivity contribution in [2.75, 3.05) is 20.6 Å². The quantitative estimate of drug-likeness (QED) is 0.691. The minimum Gasteiger partial charge on any atom is -0.349 e. The van der Waals surface area contributed by atoms with Gasteiger partial charge in [-0.2, -0.15) is 0 Å². The summed E-state index contributed by atoms with van der Waals surface area (Å²) < 4.78 is 0. The Labute approximate surface area is 80.3 Å². The van der Waals surface area contributed by atoms with E-state index in [1.807, 2.05) is 14.1 Å². The molecule has 1 saturated carbocycles. The highest BCUT2D eigenvalue weighted by Crippen LogP contribution is 2.29. The number of nitrogens with zero attached hydrogens (tertiary/aromatic N) is 1. The molecule has 0 aliphatic heterocycles. The summed E-state index contributed by atoms with van der Waals surface area (Å²) >= 11 is 0. The fourth-order valence-corrected chi connectivity index (χ4v) is 2.09. The molecule has 2 N–H and O–H groups in total. The van der Waals surface area contributed by atoms with Gasteiger partial charge in [-0.05, 0) is 31.7 Å². The van der Waals surface area contributed by atoms with Crippen molar-refractivity contribution in [1.29, 1.82) is 0 Å². The molecule has 13 heavy (non-hydrogen) atoms. The summed E-state index contributed by atoms with van der Waals surface area (Å²) in [6.07, 6.45) is 4.40. The molecule has 2 unspecified atom stereocenters. The molecule has 0 spiro atoms. The van der Waals surface area contributed by atoms with E-state index in [2.05, 4.69) is 0 Å². The molecule has 1 amide bonds. The zero-order valence-corrected chi connectivity index (χ0v) is 8.62. The van der Waals surface area contributed by atoms with Gasteiger partial charge in [-0.3, -0.25) is 4.79 Å². The molecule has 0 saturated heterocycles. The largest absolute Gasteiger partial charge is 0.349 e. The minimum atomic E-state index is 0.234. The summed E-state index contributed by atoms with van der Waals surface area (Å²) in [7, 11) is 3.66. The van der Waals surface area contributed by atoms with Gasteiger partial charge in [0.1, 0.15) is 0 Å². The second kappa shape index (κ2) is 4.61. The molecule has 3 heteroatoms. The van der Waals surface area contributed by atoms with Crippen LogP contribution >= 0.6 is 0 Å². The van der Waals surface area contributed by atoms with Crippen LogP contribution in [0, 0.1) is 11.8 Å². The van der Waals surface area contributed by atoms with Gasteiger partial charge in [0.05, 0.1) is 0 Å². The van der Waals surface area contributed by atoms with Crippen LogP contribution in [0.2, 0.25) is 0 Å². The van der Waals surface area contributed by atoms with Crippen LogP contribution in [0.15, 0.2) is 0 Å². The van der Waals surface area contributed by atoms with Gasteiger partial charge in [-0.25, -0.2) is 0 Å². The van der Waals surface area contributed by atoms with E-state index in [1.54, 1.807) is 4.90 Å². The average Bonchev–Trinajstić information content (AvgIpc) is 2.16. The molecule has 0 aromatic heterocycles. The van der Waals surface area contributed by atoms with E-state index in [4.69, 9.17) is 5.73 Å². The molecular weight excluding hydrogens is 164 g/mol. The van der Waals surface area contributed by atoms with Crippen molar-refractivity contribution in [3.63, 3.8) is 0 Å². The maximum atomic E-state index is 11.6. The standard InChI is InChI=1S/C10H20N2O/c1-12(2)10(13)9-5-3-4-8(6-9)7-11/h8-9H,3-7,11H2,1-2H3. The Morgan fingerprint density at radius 3 is 2.69 bits per heavy atom. The Balaban J connectivity index is 2.46. The highest BCUT2D eigenvalue weighted by Gasteiger charge is 2.27. The Bertz CT molecular complexity index is 180. The number of hydrogen-bond acceptors (Lipinski definition) is 2. The first kappa shape index (κ1) is 10.5. The SMILES string of the molecule is CN(C)C(=O)C1CCCC(CN)C1. The van der Waals surface area contributed by atoms with E-state index in [0.29, 0.717) is 5.92 Å². The van der Waals surface area contributed by atoms with Crippen LogP contribution in [0.4, 0.5) is 0 Å². The van der Waals surface area contributed by atoms with Crippen LogP contribution in [0.25, 0.3) is 0 Å². The van der Waals surface area contributed by atoms with Gasteiger partial charge in [0.15, 0.2) is 0 Å². The molecule has 1 aliphatic rings. The number of nitrogens with two attached hydrogens (primary N) is 1. The first-order valence-corrected chi connectivity index (χ1v) is 5.06. The van der Waals surface area contributed by atoms with Gasteiger partial charge in [0, 0.05) is 20.0 Å². The smallest absolute Gasteiger partial charge is 0.225 e. The van der Waals surface area contributed by atoms with Crippen LogP contribution in [0.3, 0.4) is 0 Å². The van der Waals surface area contributed by atoms with E-state index < -0.39 is 0 Å². The van der Waals surface area contributed by atoms with Gasteiger partial charge in [-0.1, -0.05) is 6.42 Å². The van der Waals surface area contributed by atoms with Crippen molar-refractivity contribution < 1.29 is 4.79 Å². The van der Waals surface area contributed by atoms with Crippen molar-refractivity contribution in [2.45, 2.75) is 25.7 Å². The summed E-state index contributed by atoms with van der Waals surface area (Å²) in [5.41, 5.74) is 5.62. The average molecular weight is 184 g/mol. The van der Waals surface area contributed by atoms with Gasteiger partial charge in [0.2, 0.25) is 5.91 Å². The Hall–Kier alpha value is -0.570. The van der Waals surface area contributed by atoms with Crippen molar-refractivity contribution >= 4 is 5.91 Å². The third-order valence-electron chi connectivity index (χ3n) is 2.91. The second-order valence-corrected chi connectivity index (χ2v) is 4.20. The molecular formula is C10H20N2O. The van der Waals surface area contributed by atoms with E-state index in [1.165, 1.54) is 6.42 Å². The summed E-state index contributed by atoms with van der Waals surface area (Å²) in [5.74, 6) is 1.08. The maximum absolute atomic E-state index is 11.6. The normalized spacial score (nSPS) is 28.5. The molecule has 1 rings (SSSR count). The third kappa shape index (κ3) is 2.69. The summed E-state index contributed by atoms with van der Waals surface area (Å²) in [6, 6.07) is 0. The van der Waals surface area contributed by atoms with E-state index >= 15 is 0 Å². The third-order valence-corrected chi connectivity index (χ3v) is 2.91. The topological polar surface area (TPSA) is 46.3 Å². The maximum Gasteiger partial charge on any atom is 0.225 e. The van der Waals surface area contributed by atoms with Crippen molar-refractivity contribution in [3.8, 4) is 0 Å². The zero-order chi connectivity index (χ0) is 9.84. The molecule has 1 aliphatic carbocycles. The summed E-state index contributed by atoms with van der Waals surface area (Å²) in [5, 5.41) is 0. The van der Waals surface area contributed by atoms with Crippen molar-refractivity contribution in [2.24, 2.45) is 17.6 Å². The number of carbonyl (C=O) groups is 1. The van der Waals surface area contributed by atoms with Gasteiger partial charge >= 0.3 is 0 Å². The number of rotatable bonds is 2. The zero-order valence-electron chi connectivity index (χ0n) is 8.62. The molecule has 0 aromatic rings. The highest BCUT2D eigenvalue weighted by atomic mass is 16.2. The van der Waals surface area contributed by atoms with Crippen LogP contribution in [0.5, 0.6) is 0 Å². The first-order chi connectivity index (χ1) is 6.15. The lowest BCUT2D eigenvalue weighted by Crippen LogP contribution is -2.34. The number of hydrogen-bond donors (Lipinski definition) is 1. The number of carbonyl (C=O) groups excluding carboxylic acids is 1. The first-order valence-electron chi connectivity index (χ1n) is 5.06. The molecule has 76 valence electrons. The molecule has 1 fully saturated rings. The van der Waals surface area contributed by atoms with Gasteiger partial charge in [0.25, 0.3) is 0 Å². The highest BCUT2D eigenvalue weighted by molar-refractivity contribution is 5.78. The molecule has 0 radical (unpaired) electrons. The lowest BCUT2D eigenvalue weighted by Gasteiger charge is -2.29. The molecule has 0 bridgehead atoms. The Kier molecular flexibility index (Phi) is 3.72. The lowest BCUT2D eigenvalue weighted by atomic mass is 9.81. The fourth-order valence-electron chi connectivity index (χ4n) is 2.09.